The first kappa shape index (κ1) is 14.7. The third-order valence-corrected chi connectivity index (χ3v) is 4.16. The summed E-state index contributed by atoms with van der Waals surface area (Å²) in [5, 5.41) is 11.8. The van der Waals surface area contributed by atoms with Gasteiger partial charge >= 0.3 is 0 Å². The lowest BCUT2D eigenvalue weighted by Crippen LogP contribution is -2.25. The number of nitro groups is 1. The van der Waals surface area contributed by atoms with Crippen molar-refractivity contribution in [2.24, 2.45) is 0 Å². The van der Waals surface area contributed by atoms with Crippen LogP contribution < -0.4 is 4.74 Å². The monoisotopic (exact) mass is 301 g/mol. The second-order valence-electron chi connectivity index (χ2n) is 5.57. The summed E-state index contributed by atoms with van der Waals surface area (Å²) in [5.41, 5.74) is 1.30. The molecule has 0 aliphatic carbocycles. The number of fused-ring (bicyclic) bond motifs is 1. The normalized spacial score (nSPS) is 15.3. The molecule has 1 aliphatic rings. The maximum absolute atomic E-state index is 11.0. The number of aryl methyl sites for hydroxylation is 1. The average Bonchev–Trinajstić information content (AvgIpc) is 3.01. The van der Waals surface area contributed by atoms with Gasteiger partial charge in [0.25, 0.3) is 5.69 Å². The number of nitrogens with zero attached hydrogens (tertiary/aromatic N) is 3. The van der Waals surface area contributed by atoms with Crippen LogP contribution in [0.4, 0.5) is 5.69 Å². The van der Waals surface area contributed by atoms with E-state index in [1.807, 2.05) is 6.07 Å². The molecule has 0 atom stereocenters. The van der Waals surface area contributed by atoms with Gasteiger partial charge in [-0.2, -0.15) is 0 Å². The van der Waals surface area contributed by atoms with E-state index >= 15 is 0 Å². The summed E-state index contributed by atoms with van der Waals surface area (Å²) in [6.07, 6.45) is 4.17. The molecule has 0 saturated carbocycles. The van der Waals surface area contributed by atoms with E-state index in [1.54, 1.807) is 19.2 Å². The Labute approximate surface area is 128 Å². The average molecular weight is 301 g/mol. The second kappa shape index (κ2) is 6.27. The molecule has 2 heterocycles. The van der Waals surface area contributed by atoms with Crippen LogP contribution >= 0.6 is 0 Å². The molecular formula is C16H19N3O3. The fraction of sp³-hybridized carbons (Fsp3) is 0.438. The molecular weight excluding hydrogens is 282 g/mol. The molecule has 0 amide bonds. The summed E-state index contributed by atoms with van der Waals surface area (Å²) in [7, 11) is 0. The summed E-state index contributed by atoms with van der Waals surface area (Å²) in [4.78, 5) is 17.3. The van der Waals surface area contributed by atoms with Crippen LogP contribution in [0.2, 0.25) is 0 Å². The van der Waals surface area contributed by atoms with Crippen LogP contribution in [0.15, 0.2) is 24.4 Å². The quantitative estimate of drug-likeness (QED) is 0.627. The Morgan fingerprint density at radius 3 is 2.82 bits per heavy atom. The Hall–Kier alpha value is -2.21. The number of rotatable bonds is 5. The summed E-state index contributed by atoms with van der Waals surface area (Å²) in [5.74, 6) is 0.738. The molecule has 1 aromatic carbocycles. The zero-order valence-corrected chi connectivity index (χ0v) is 12.6. The third kappa shape index (κ3) is 2.87. The van der Waals surface area contributed by atoms with E-state index < -0.39 is 0 Å². The largest absolute Gasteiger partial charge is 0.491 e. The van der Waals surface area contributed by atoms with Crippen molar-refractivity contribution in [1.82, 2.24) is 9.88 Å². The van der Waals surface area contributed by atoms with Crippen molar-refractivity contribution in [2.75, 3.05) is 26.2 Å². The van der Waals surface area contributed by atoms with Gasteiger partial charge < -0.3 is 4.74 Å². The number of hydrogen-bond donors (Lipinski definition) is 0. The van der Waals surface area contributed by atoms with E-state index in [9.17, 15) is 10.1 Å². The highest BCUT2D eigenvalue weighted by atomic mass is 16.6. The maximum atomic E-state index is 11.0. The predicted molar refractivity (Wildman–Crippen MR) is 84.3 cm³/mol. The molecule has 3 rings (SSSR count). The molecule has 1 aromatic heterocycles. The van der Waals surface area contributed by atoms with Gasteiger partial charge in [0.15, 0.2) is 0 Å². The molecule has 6 heteroatoms. The number of likely N-dealkylation sites (tertiary alicyclic amines) is 1. The predicted octanol–water partition coefficient (Wildman–Crippen LogP) is 2.93. The number of benzene rings is 1. The van der Waals surface area contributed by atoms with Crippen LogP contribution in [0.25, 0.3) is 10.9 Å². The van der Waals surface area contributed by atoms with Gasteiger partial charge in [-0.15, -0.1) is 0 Å². The van der Waals surface area contributed by atoms with Crippen LogP contribution in [-0.2, 0) is 0 Å². The number of aromatic nitrogens is 1. The van der Waals surface area contributed by atoms with Crippen LogP contribution in [0.5, 0.6) is 5.75 Å². The van der Waals surface area contributed by atoms with Gasteiger partial charge in [-0.25, -0.2) is 0 Å². The minimum absolute atomic E-state index is 0.0919. The molecule has 0 radical (unpaired) electrons. The highest BCUT2D eigenvalue weighted by Crippen LogP contribution is 2.31. The van der Waals surface area contributed by atoms with Gasteiger partial charge in [-0.05, 0) is 45.0 Å². The molecule has 6 nitrogen and oxygen atoms in total. The smallest absolute Gasteiger partial charge is 0.274 e. The molecule has 0 N–H and O–H groups in total. The summed E-state index contributed by atoms with van der Waals surface area (Å²) >= 11 is 0. The van der Waals surface area contributed by atoms with E-state index in [4.69, 9.17) is 4.74 Å². The Bertz CT molecular complexity index is 696. The third-order valence-electron chi connectivity index (χ3n) is 4.16. The van der Waals surface area contributed by atoms with E-state index in [1.165, 1.54) is 18.9 Å². The Morgan fingerprint density at radius 1 is 1.32 bits per heavy atom. The molecule has 0 bridgehead atoms. The van der Waals surface area contributed by atoms with Crippen LogP contribution in [0.1, 0.15) is 18.4 Å². The van der Waals surface area contributed by atoms with E-state index in [2.05, 4.69) is 9.88 Å². The molecule has 0 unspecified atom stereocenters. The van der Waals surface area contributed by atoms with Crippen molar-refractivity contribution in [1.29, 1.82) is 0 Å². The van der Waals surface area contributed by atoms with Gasteiger partial charge in [-0.1, -0.05) is 0 Å². The lowest BCUT2D eigenvalue weighted by molar-refractivity contribution is -0.385. The van der Waals surface area contributed by atoms with E-state index in [0.717, 1.165) is 30.8 Å². The van der Waals surface area contributed by atoms with Crippen molar-refractivity contribution in [3.05, 3.63) is 40.1 Å². The second-order valence-corrected chi connectivity index (χ2v) is 5.57. The van der Waals surface area contributed by atoms with Crippen LogP contribution in [0.3, 0.4) is 0 Å². The SMILES string of the molecule is Cc1c([N+](=O)[O-])ccc2c(OCCN3CCCC3)ccnc12. The van der Waals surface area contributed by atoms with Gasteiger partial charge in [0.1, 0.15) is 12.4 Å². The van der Waals surface area contributed by atoms with E-state index in [-0.39, 0.29) is 10.6 Å². The molecule has 0 spiro atoms. The Morgan fingerprint density at radius 2 is 2.09 bits per heavy atom. The maximum Gasteiger partial charge on any atom is 0.274 e. The van der Waals surface area contributed by atoms with Crippen LogP contribution in [0, 0.1) is 17.0 Å². The fourth-order valence-electron chi connectivity index (χ4n) is 2.94. The molecule has 22 heavy (non-hydrogen) atoms. The lowest BCUT2D eigenvalue weighted by atomic mass is 10.1. The number of ether oxygens (including phenoxy) is 1. The Balaban J connectivity index is 1.80. The fourth-order valence-corrected chi connectivity index (χ4v) is 2.94. The minimum atomic E-state index is -0.378. The minimum Gasteiger partial charge on any atom is -0.491 e. The van der Waals surface area contributed by atoms with Crippen molar-refractivity contribution in [2.45, 2.75) is 19.8 Å². The van der Waals surface area contributed by atoms with Crippen LogP contribution in [-0.4, -0.2) is 41.0 Å². The molecule has 116 valence electrons. The molecule has 1 saturated heterocycles. The molecule has 1 fully saturated rings. The van der Waals surface area contributed by atoms with Gasteiger partial charge in [-0.3, -0.25) is 20.0 Å². The zero-order chi connectivity index (χ0) is 15.5. The summed E-state index contributed by atoms with van der Waals surface area (Å²) in [6.45, 7) is 5.55. The van der Waals surface area contributed by atoms with Crippen molar-refractivity contribution < 1.29 is 9.66 Å². The van der Waals surface area contributed by atoms with E-state index in [0.29, 0.717) is 17.7 Å². The first-order valence-corrected chi connectivity index (χ1v) is 7.54. The first-order chi connectivity index (χ1) is 10.7. The van der Waals surface area contributed by atoms with Crippen molar-refractivity contribution in [3.63, 3.8) is 0 Å². The molecule has 1 aliphatic heterocycles. The number of nitro benzene ring substituents is 1. The summed E-state index contributed by atoms with van der Waals surface area (Å²) < 4.78 is 5.89. The van der Waals surface area contributed by atoms with Gasteiger partial charge in [0, 0.05) is 24.2 Å². The Kier molecular flexibility index (Phi) is 4.20. The summed E-state index contributed by atoms with van der Waals surface area (Å²) in [6, 6.07) is 5.06. The lowest BCUT2D eigenvalue weighted by Gasteiger charge is -2.15. The zero-order valence-electron chi connectivity index (χ0n) is 12.6. The highest BCUT2D eigenvalue weighted by molar-refractivity contribution is 5.89. The standard InChI is InChI=1S/C16H19N3O3/c1-12-14(19(20)21)5-4-13-15(6-7-17-16(12)13)22-11-10-18-8-2-3-9-18/h4-7H,2-3,8-11H2,1H3. The number of pyridine rings is 1. The van der Waals surface area contributed by atoms with Crippen molar-refractivity contribution in [3.8, 4) is 5.75 Å². The van der Waals surface area contributed by atoms with Crippen molar-refractivity contribution >= 4 is 16.6 Å². The topological polar surface area (TPSA) is 68.5 Å². The number of hydrogen-bond acceptors (Lipinski definition) is 5. The van der Waals surface area contributed by atoms with Gasteiger partial charge in [0.05, 0.1) is 16.0 Å². The first-order valence-electron chi connectivity index (χ1n) is 7.54. The molecule has 2 aromatic rings. The highest BCUT2D eigenvalue weighted by Gasteiger charge is 2.16. The van der Waals surface area contributed by atoms with Gasteiger partial charge in [0.2, 0.25) is 0 Å².